The minimum atomic E-state index is -1.45. The van der Waals surface area contributed by atoms with Crippen LogP contribution in [0.2, 0.25) is 0 Å². The SMILES string of the molecule is O=CNc1ccccc1C(=O)CC(NC(=O)CCCC(=O)O)C(=O)O. The van der Waals surface area contributed by atoms with Crippen LogP contribution < -0.4 is 10.6 Å². The van der Waals surface area contributed by atoms with Gasteiger partial charge in [0.2, 0.25) is 12.3 Å². The predicted octanol–water partition coefficient (Wildman–Crippen LogP) is 0.652. The second-order valence-corrected chi connectivity index (χ2v) is 5.14. The summed E-state index contributed by atoms with van der Waals surface area (Å²) >= 11 is 0. The van der Waals surface area contributed by atoms with Gasteiger partial charge < -0.3 is 20.8 Å². The van der Waals surface area contributed by atoms with Crippen LogP contribution in [0.5, 0.6) is 0 Å². The van der Waals surface area contributed by atoms with Crippen LogP contribution in [0.25, 0.3) is 0 Å². The van der Waals surface area contributed by atoms with Gasteiger partial charge in [0, 0.05) is 24.8 Å². The van der Waals surface area contributed by atoms with E-state index < -0.39 is 36.1 Å². The predicted molar refractivity (Wildman–Crippen MR) is 86.1 cm³/mol. The normalized spacial score (nSPS) is 11.2. The van der Waals surface area contributed by atoms with Gasteiger partial charge in [-0.2, -0.15) is 0 Å². The molecule has 9 heteroatoms. The third-order valence-corrected chi connectivity index (χ3v) is 3.26. The van der Waals surface area contributed by atoms with Crippen LogP contribution in [-0.4, -0.2) is 46.3 Å². The van der Waals surface area contributed by atoms with E-state index >= 15 is 0 Å². The van der Waals surface area contributed by atoms with E-state index in [1.54, 1.807) is 12.1 Å². The molecule has 134 valence electrons. The average molecular weight is 350 g/mol. The Kier molecular flexibility index (Phi) is 7.77. The Bertz CT molecular complexity index is 672. The van der Waals surface area contributed by atoms with Crippen molar-refractivity contribution in [3.63, 3.8) is 0 Å². The second-order valence-electron chi connectivity index (χ2n) is 5.14. The van der Waals surface area contributed by atoms with Gasteiger partial charge in [-0.3, -0.25) is 19.2 Å². The van der Waals surface area contributed by atoms with Crippen molar-refractivity contribution in [1.82, 2.24) is 5.32 Å². The number of Topliss-reactive ketones (excluding diaryl/α,β-unsaturated/α-hetero) is 1. The summed E-state index contributed by atoms with van der Waals surface area (Å²) in [6.45, 7) is 0. The van der Waals surface area contributed by atoms with Crippen molar-refractivity contribution in [2.75, 3.05) is 5.32 Å². The van der Waals surface area contributed by atoms with Gasteiger partial charge in [-0.15, -0.1) is 0 Å². The number of carbonyl (C=O) groups excluding carboxylic acids is 3. The Hall–Kier alpha value is -3.23. The number of benzene rings is 1. The first kappa shape index (κ1) is 19.8. The molecule has 2 amide bonds. The Morgan fingerprint density at radius 2 is 1.76 bits per heavy atom. The Balaban J connectivity index is 2.73. The lowest BCUT2D eigenvalue weighted by Gasteiger charge is -2.15. The van der Waals surface area contributed by atoms with Gasteiger partial charge in [0.15, 0.2) is 5.78 Å². The first-order chi connectivity index (χ1) is 11.8. The van der Waals surface area contributed by atoms with Crippen molar-refractivity contribution in [3.8, 4) is 0 Å². The van der Waals surface area contributed by atoms with E-state index in [1.807, 2.05) is 0 Å². The lowest BCUT2D eigenvalue weighted by atomic mass is 10.0. The molecule has 0 aromatic heterocycles. The highest BCUT2D eigenvalue weighted by atomic mass is 16.4. The molecular formula is C16H18N2O7. The number of nitrogens with one attached hydrogen (secondary N) is 2. The molecule has 0 heterocycles. The van der Waals surface area contributed by atoms with E-state index in [0.29, 0.717) is 6.41 Å². The van der Waals surface area contributed by atoms with Gasteiger partial charge in [0.25, 0.3) is 0 Å². The van der Waals surface area contributed by atoms with Gasteiger partial charge in [0.1, 0.15) is 6.04 Å². The summed E-state index contributed by atoms with van der Waals surface area (Å²) in [4.78, 5) is 56.2. The van der Waals surface area contributed by atoms with Crippen LogP contribution in [0.1, 0.15) is 36.0 Å². The maximum Gasteiger partial charge on any atom is 0.326 e. The number of carboxylic acids is 2. The Labute approximate surface area is 143 Å². The molecule has 1 rings (SSSR count). The number of ketones is 1. The van der Waals surface area contributed by atoms with Crippen molar-refractivity contribution in [2.24, 2.45) is 0 Å². The number of rotatable bonds is 11. The third kappa shape index (κ3) is 6.81. The summed E-state index contributed by atoms with van der Waals surface area (Å²) in [5, 5.41) is 22.2. The summed E-state index contributed by atoms with van der Waals surface area (Å²) in [6, 6.07) is 4.63. The number of aliphatic carboxylic acids is 2. The van der Waals surface area contributed by atoms with Crippen molar-refractivity contribution < 1.29 is 34.2 Å². The zero-order chi connectivity index (χ0) is 18.8. The van der Waals surface area contributed by atoms with Crippen molar-refractivity contribution in [1.29, 1.82) is 0 Å². The van der Waals surface area contributed by atoms with Crippen LogP contribution in [0.4, 0.5) is 5.69 Å². The fraction of sp³-hybridized carbons (Fsp3) is 0.312. The van der Waals surface area contributed by atoms with E-state index in [1.165, 1.54) is 12.1 Å². The third-order valence-electron chi connectivity index (χ3n) is 3.26. The summed E-state index contributed by atoms with van der Waals surface area (Å²) in [5.41, 5.74) is 0.361. The summed E-state index contributed by atoms with van der Waals surface area (Å²) < 4.78 is 0. The second kappa shape index (κ2) is 9.81. The van der Waals surface area contributed by atoms with E-state index in [9.17, 15) is 29.1 Å². The molecule has 1 atom stereocenters. The highest BCUT2D eigenvalue weighted by Gasteiger charge is 2.24. The van der Waals surface area contributed by atoms with E-state index in [0.717, 1.165) is 0 Å². The molecule has 0 radical (unpaired) electrons. The first-order valence-electron chi connectivity index (χ1n) is 7.41. The number of anilines is 1. The molecule has 0 aliphatic rings. The molecule has 0 spiro atoms. The van der Waals surface area contributed by atoms with Gasteiger partial charge >= 0.3 is 11.9 Å². The number of carboxylic acid groups (broad SMARTS) is 2. The van der Waals surface area contributed by atoms with Crippen molar-refractivity contribution >= 4 is 35.7 Å². The highest BCUT2D eigenvalue weighted by Crippen LogP contribution is 2.17. The molecule has 1 aromatic carbocycles. The van der Waals surface area contributed by atoms with Gasteiger partial charge in [0.05, 0.1) is 5.69 Å². The molecule has 0 saturated heterocycles. The number of hydrogen-bond donors (Lipinski definition) is 4. The zero-order valence-corrected chi connectivity index (χ0v) is 13.2. The maximum atomic E-state index is 12.3. The van der Waals surface area contributed by atoms with Gasteiger partial charge in [-0.25, -0.2) is 4.79 Å². The molecule has 1 aromatic rings. The van der Waals surface area contributed by atoms with E-state index in [-0.39, 0.29) is 30.5 Å². The Morgan fingerprint density at radius 3 is 2.36 bits per heavy atom. The molecular weight excluding hydrogens is 332 g/mol. The molecule has 4 N–H and O–H groups in total. The molecule has 0 fully saturated rings. The van der Waals surface area contributed by atoms with Crippen molar-refractivity contribution in [2.45, 2.75) is 31.7 Å². The fourth-order valence-corrected chi connectivity index (χ4v) is 2.08. The van der Waals surface area contributed by atoms with Crippen LogP contribution in [-0.2, 0) is 19.2 Å². The molecule has 0 bridgehead atoms. The molecule has 25 heavy (non-hydrogen) atoms. The highest BCUT2D eigenvalue weighted by molar-refractivity contribution is 6.04. The Morgan fingerprint density at radius 1 is 1.08 bits per heavy atom. The summed E-state index contributed by atoms with van der Waals surface area (Å²) in [6.07, 6.45) is -0.418. The molecule has 0 saturated carbocycles. The van der Waals surface area contributed by atoms with Gasteiger partial charge in [-0.1, -0.05) is 12.1 Å². The van der Waals surface area contributed by atoms with Crippen LogP contribution in [0.3, 0.4) is 0 Å². The standard InChI is InChI=1S/C16H18N2O7/c19-9-17-11-5-2-1-4-10(11)13(20)8-12(16(24)25)18-14(21)6-3-7-15(22)23/h1-2,4-5,9,12H,3,6-8H2,(H,17,19)(H,18,21)(H,22,23)(H,24,25). The van der Waals surface area contributed by atoms with Crippen LogP contribution >= 0.6 is 0 Å². The molecule has 0 aliphatic carbocycles. The number of carbonyl (C=O) groups is 5. The van der Waals surface area contributed by atoms with Crippen LogP contribution in [0, 0.1) is 0 Å². The molecule has 0 aliphatic heterocycles. The minimum Gasteiger partial charge on any atom is -0.481 e. The average Bonchev–Trinajstić information content (AvgIpc) is 2.54. The van der Waals surface area contributed by atoms with Crippen LogP contribution in [0.15, 0.2) is 24.3 Å². The van der Waals surface area contributed by atoms with Crippen molar-refractivity contribution in [3.05, 3.63) is 29.8 Å². The largest absolute Gasteiger partial charge is 0.481 e. The van der Waals surface area contributed by atoms with E-state index in [2.05, 4.69) is 10.6 Å². The first-order valence-corrected chi connectivity index (χ1v) is 7.41. The quantitative estimate of drug-likeness (QED) is 0.338. The topological polar surface area (TPSA) is 150 Å². The van der Waals surface area contributed by atoms with E-state index in [4.69, 9.17) is 5.11 Å². The molecule has 1 unspecified atom stereocenters. The van der Waals surface area contributed by atoms with Gasteiger partial charge in [-0.05, 0) is 18.6 Å². The molecule has 9 nitrogen and oxygen atoms in total. The monoisotopic (exact) mass is 350 g/mol. The number of hydrogen-bond acceptors (Lipinski definition) is 5. The zero-order valence-electron chi connectivity index (χ0n) is 13.2. The lowest BCUT2D eigenvalue weighted by Crippen LogP contribution is -2.42. The number of para-hydroxylation sites is 1. The lowest BCUT2D eigenvalue weighted by molar-refractivity contribution is -0.142. The summed E-state index contributed by atoms with van der Waals surface area (Å²) in [7, 11) is 0. The smallest absolute Gasteiger partial charge is 0.326 e. The fourth-order valence-electron chi connectivity index (χ4n) is 2.08. The number of amides is 2. The maximum absolute atomic E-state index is 12.3. The minimum absolute atomic E-state index is 0.0630. The summed E-state index contributed by atoms with van der Waals surface area (Å²) in [5.74, 6) is -3.67.